The van der Waals surface area contributed by atoms with Gasteiger partial charge in [0.1, 0.15) is 17.3 Å². The predicted molar refractivity (Wildman–Crippen MR) is 108 cm³/mol. The van der Waals surface area contributed by atoms with E-state index in [2.05, 4.69) is 10.5 Å². The van der Waals surface area contributed by atoms with Gasteiger partial charge in [-0.15, -0.1) is 0 Å². The van der Waals surface area contributed by atoms with Gasteiger partial charge in [0.2, 0.25) is 0 Å². The molecule has 2 aromatic carbocycles. The van der Waals surface area contributed by atoms with Crippen LogP contribution in [-0.2, 0) is 4.79 Å². The van der Waals surface area contributed by atoms with Crippen molar-refractivity contribution in [1.82, 2.24) is 5.43 Å². The van der Waals surface area contributed by atoms with Gasteiger partial charge in [0.15, 0.2) is 6.61 Å². The van der Waals surface area contributed by atoms with Gasteiger partial charge in [0.25, 0.3) is 11.6 Å². The Morgan fingerprint density at radius 3 is 2.83 bits per heavy atom. The minimum Gasteiger partial charge on any atom is -0.483 e. The maximum Gasteiger partial charge on any atom is 0.280 e. The van der Waals surface area contributed by atoms with Crippen molar-refractivity contribution >= 4 is 29.4 Å². The number of rotatable bonds is 7. The van der Waals surface area contributed by atoms with Gasteiger partial charge < -0.3 is 9.15 Å². The largest absolute Gasteiger partial charge is 0.483 e. The predicted octanol–water partition coefficient (Wildman–Crippen LogP) is 4.35. The van der Waals surface area contributed by atoms with Crippen molar-refractivity contribution in [3.8, 4) is 17.1 Å². The summed E-state index contributed by atoms with van der Waals surface area (Å²) in [6.07, 6.45) is 1.30. The highest BCUT2D eigenvalue weighted by atomic mass is 35.5. The molecule has 8 nitrogen and oxygen atoms in total. The molecule has 0 aliphatic heterocycles. The summed E-state index contributed by atoms with van der Waals surface area (Å²) in [7, 11) is 0. The van der Waals surface area contributed by atoms with Gasteiger partial charge in [-0.25, -0.2) is 5.43 Å². The summed E-state index contributed by atoms with van der Waals surface area (Å²) in [6, 6.07) is 14.5. The lowest BCUT2D eigenvalue weighted by atomic mass is 10.1. The van der Waals surface area contributed by atoms with Crippen molar-refractivity contribution in [3.63, 3.8) is 0 Å². The third-order valence-corrected chi connectivity index (χ3v) is 4.10. The van der Waals surface area contributed by atoms with E-state index < -0.39 is 10.8 Å². The Balaban J connectivity index is 1.57. The van der Waals surface area contributed by atoms with Crippen LogP contribution in [0.5, 0.6) is 5.75 Å². The summed E-state index contributed by atoms with van der Waals surface area (Å²) in [5, 5.41) is 15.5. The summed E-state index contributed by atoms with van der Waals surface area (Å²) in [5.74, 6) is 0.745. The number of para-hydroxylation sites is 1. The molecule has 0 aliphatic rings. The first-order valence-corrected chi connectivity index (χ1v) is 8.86. The third kappa shape index (κ3) is 5.20. The molecule has 0 fully saturated rings. The highest BCUT2D eigenvalue weighted by Gasteiger charge is 2.16. The summed E-state index contributed by atoms with van der Waals surface area (Å²) < 4.78 is 11.0. The second-order valence-corrected chi connectivity index (χ2v) is 6.40. The molecule has 0 bridgehead atoms. The van der Waals surface area contributed by atoms with Crippen molar-refractivity contribution in [2.75, 3.05) is 6.61 Å². The Morgan fingerprint density at radius 2 is 2.07 bits per heavy atom. The number of halogens is 1. The zero-order chi connectivity index (χ0) is 20.8. The molecule has 1 N–H and O–H groups in total. The molecule has 3 aromatic rings. The Kier molecular flexibility index (Phi) is 6.25. The molecule has 1 heterocycles. The molecule has 0 aliphatic carbocycles. The van der Waals surface area contributed by atoms with E-state index in [1.807, 2.05) is 6.92 Å². The number of nitro benzene ring substituents is 1. The minimum atomic E-state index is -0.478. The first-order chi connectivity index (χ1) is 13.9. The second-order valence-electron chi connectivity index (χ2n) is 5.97. The van der Waals surface area contributed by atoms with Crippen LogP contribution in [0.2, 0.25) is 5.02 Å². The first-order valence-electron chi connectivity index (χ1n) is 8.48. The molecule has 9 heteroatoms. The van der Waals surface area contributed by atoms with Crippen molar-refractivity contribution < 1.29 is 18.9 Å². The van der Waals surface area contributed by atoms with Crippen molar-refractivity contribution in [2.45, 2.75) is 6.92 Å². The lowest BCUT2D eigenvalue weighted by Crippen LogP contribution is -2.24. The lowest BCUT2D eigenvalue weighted by molar-refractivity contribution is -0.384. The molecule has 0 radical (unpaired) electrons. The van der Waals surface area contributed by atoms with E-state index in [0.717, 1.165) is 5.56 Å². The van der Waals surface area contributed by atoms with E-state index in [1.165, 1.54) is 12.3 Å². The quantitative estimate of drug-likeness (QED) is 0.352. The fourth-order valence-corrected chi connectivity index (χ4v) is 2.75. The zero-order valence-corrected chi connectivity index (χ0v) is 16.1. The van der Waals surface area contributed by atoms with Crippen LogP contribution in [0, 0.1) is 17.0 Å². The van der Waals surface area contributed by atoms with Crippen LogP contribution >= 0.6 is 11.6 Å². The average Bonchev–Trinajstić information content (AvgIpc) is 3.16. The number of benzene rings is 2. The zero-order valence-electron chi connectivity index (χ0n) is 15.3. The Bertz CT molecular complexity index is 1080. The topological polar surface area (TPSA) is 107 Å². The minimum absolute atomic E-state index is 0.0618. The maximum atomic E-state index is 11.8. The molecular weight excluding hydrogens is 398 g/mol. The first kappa shape index (κ1) is 20.1. The van der Waals surface area contributed by atoms with Gasteiger partial charge in [-0.2, -0.15) is 5.10 Å². The van der Waals surface area contributed by atoms with Crippen molar-refractivity contribution in [2.24, 2.45) is 5.10 Å². The number of nitro groups is 1. The number of furan rings is 1. The molecular formula is C20H16ClN3O5. The van der Waals surface area contributed by atoms with Gasteiger partial charge in [-0.05, 0) is 48.9 Å². The van der Waals surface area contributed by atoms with Crippen molar-refractivity contribution in [3.05, 3.63) is 81.1 Å². The number of carbonyl (C=O) groups excluding carboxylic acids is 1. The molecule has 29 heavy (non-hydrogen) atoms. The lowest BCUT2D eigenvalue weighted by Gasteiger charge is -2.08. The summed E-state index contributed by atoms with van der Waals surface area (Å²) in [4.78, 5) is 22.5. The number of aryl methyl sites for hydroxylation is 1. The molecule has 0 atom stereocenters. The highest BCUT2D eigenvalue weighted by Crippen LogP contribution is 2.30. The molecule has 1 aromatic heterocycles. The van der Waals surface area contributed by atoms with Crippen LogP contribution in [0.25, 0.3) is 11.3 Å². The fraction of sp³-hybridized carbons (Fsp3) is 0.100. The van der Waals surface area contributed by atoms with Crippen LogP contribution in [0.15, 0.2) is 64.1 Å². The van der Waals surface area contributed by atoms with E-state index in [4.69, 9.17) is 20.8 Å². The number of carbonyl (C=O) groups is 1. The van der Waals surface area contributed by atoms with Crippen LogP contribution in [0.3, 0.4) is 0 Å². The number of hydrazone groups is 1. The van der Waals surface area contributed by atoms with Gasteiger partial charge in [0, 0.05) is 11.1 Å². The van der Waals surface area contributed by atoms with E-state index in [0.29, 0.717) is 27.9 Å². The van der Waals surface area contributed by atoms with Crippen LogP contribution in [0.1, 0.15) is 11.3 Å². The van der Waals surface area contributed by atoms with Gasteiger partial charge in [-0.1, -0.05) is 23.7 Å². The standard InChI is InChI=1S/C20H16ClN3O5/c1-13-10-14(21)6-8-18(13)28-12-20(25)23-22-11-15-7-9-19(29-15)16-4-2-3-5-17(16)24(26)27/h2-11H,12H2,1H3,(H,23,25)/b22-11-. The van der Waals surface area contributed by atoms with E-state index in [-0.39, 0.29) is 12.3 Å². The fourth-order valence-electron chi connectivity index (χ4n) is 2.53. The Hall–Kier alpha value is -3.65. The molecule has 3 rings (SSSR count). The summed E-state index contributed by atoms with van der Waals surface area (Å²) in [5.41, 5.74) is 3.43. The molecule has 148 valence electrons. The molecule has 0 unspecified atom stereocenters. The maximum absolute atomic E-state index is 11.8. The second kappa shape index (κ2) is 9.03. The molecule has 0 spiro atoms. The number of nitrogens with one attached hydrogen (secondary N) is 1. The van der Waals surface area contributed by atoms with E-state index in [1.54, 1.807) is 48.5 Å². The number of hydrogen-bond acceptors (Lipinski definition) is 6. The molecule has 1 amide bonds. The number of nitrogens with zero attached hydrogens (tertiary/aromatic N) is 2. The summed E-state index contributed by atoms with van der Waals surface area (Å²) >= 11 is 5.88. The number of amides is 1. The van der Waals surface area contributed by atoms with Crippen LogP contribution in [-0.4, -0.2) is 23.7 Å². The Labute approximate surface area is 170 Å². The van der Waals surface area contributed by atoms with E-state index >= 15 is 0 Å². The third-order valence-electron chi connectivity index (χ3n) is 3.87. The highest BCUT2D eigenvalue weighted by molar-refractivity contribution is 6.30. The normalized spacial score (nSPS) is 10.8. The summed E-state index contributed by atoms with van der Waals surface area (Å²) in [6.45, 7) is 1.60. The molecule has 0 saturated heterocycles. The van der Waals surface area contributed by atoms with Gasteiger partial charge in [-0.3, -0.25) is 14.9 Å². The average molecular weight is 414 g/mol. The molecule has 0 saturated carbocycles. The van der Waals surface area contributed by atoms with Gasteiger partial charge in [0.05, 0.1) is 16.7 Å². The van der Waals surface area contributed by atoms with Crippen LogP contribution in [0.4, 0.5) is 5.69 Å². The van der Waals surface area contributed by atoms with Crippen molar-refractivity contribution in [1.29, 1.82) is 0 Å². The number of ether oxygens (including phenoxy) is 1. The van der Waals surface area contributed by atoms with Crippen LogP contribution < -0.4 is 10.2 Å². The number of hydrogen-bond donors (Lipinski definition) is 1. The van der Waals surface area contributed by atoms with Gasteiger partial charge >= 0.3 is 0 Å². The van der Waals surface area contributed by atoms with E-state index in [9.17, 15) is 14.9 Å². The Morgan fingerprint density at radius 1 is 1.28 bits per heavy atom. The SMILES string of the molecule is Cc1cc(Cl)ccc1OCC(=O)N/N=C\c1ccc(-c2ccccc2[N+](=O)[O-])o1. The smallest absolute Gasteiger partial charge is 0.280 e. The monoisotopic (exact) mass is 413 g/mol.